The highest BCUT2D eigenvalue weighted by Crippen LogP contribution is 2.29. The molecule has 1 unspecified atom stereocenters. The van der Waals surface area contributed by atoms with E-state index in [0.717, 1.165) is 12.1 Å². The standard InChI is InChI=1S/C10H13NO3/c1-13-9-6-7(2-3-8(9)12)10-11-4-5-14-10/h2-3,6,10-12H,4-5H2,1H3. The van der Waals surface area contributed by atoms with Crippen molar-refractivity contribution < 1.29 is 14.6 Å². The molecule has 1 heterocycles. The van der Waals surface area contributed by atoms with Crippen molar-refractivity contribution in [3.8, 4) is 11.5 Å². The van der Waals surface area contributed by atoms with E-state index in [1.165, 1.54) is 7.11 Å². The smallest absolute Gasteiger partial charge is 0.160 e. The molecule has 1 aliphatic rings. The first-order valence-corrected chi connectivity index (χ1v) is 4.53. The summed E-state index contributed by atoms with van der Waals surface area (Å²) in [5, 5.41) is 12.6. The fourth-order valence-electron chi connectivity index (χ4n) is 1.50. The summed E-state index contributed by atoms with van der Waals surface area (Å²) in [4.78, 5) is 0. The van der Waals surface area contributed by atoms with E-state index in [0.29, 0.717) is 12.4 Å². The molecule has 2 rings (SSSR count). The third kappa shape index (κ3) is 1.66. The van der Waals surface area contributed by atoms with E-state index in [-0.39, 0.29) is 12.0 Å². The highest BCUT2D eigenvalue weighted by atomic mass is 16.5. The zero-order chi connectivity index (χ0) is 9.97. The summed E-state index contributed by atoms with van der Waals surface area (Å²) in [6.45, 7) is 1.57. The molecule has 0 amide bonds. The summed E-state index contributed by atoms with van der Waals surface area (Å²) in [5.41, 5.74) is 0.970. The van der Waals surface area contributed by atoms with Gasteiger partial charge in [-0.1, -0.05) is 6.07 Å². The largest absolute Gasteiger partial charge is 0.504 e. The van der Waals surface area contributed by atoms with Crippen molar-refractivity contribution in [1.29, 1.82) is 0 Å². The van der Waals surface area contributed by atoms with E-state index in [9.17, 15) is 5.11 Å². The maximum absolute atomic E-state index is 9.39. The molecule has 1 aromatic rings. The van der Waals surface area contributed by atoms with Crippen LogP contribution < -0.4 is 10.1 Å². The predicted octanol–water partition coefficient (Wildman–Crippen LogP) is 1.02. The number of hydrogen-bond acceptors (Lipinski definition) is 4. The number of phenolic OH excluding ortho intramolecular Hbond substituents is 1. The topological polar surface area (TPSA) is 50.7 Å². The van der Waals surface area contributed by atoms with Crippen LogP contribution in [0.4, 0.5) is 0 Å². The number of nitrogens with one attached hydrogen (secondary N) is 1. The molecule has 0 spiro atoms. The van der Waals surface area contributed by atoms with Gasteiger partial charge in [0.25, 0.3) is 0 Å². The molecule has 14 heavy (non-hydrogen) atoms. The number of methoxy groups -OCH3 is 1. The minimum atomic E-state index is -0.0792. The molecule has 1 saturated heterocycles. The van der Waals surface area contributed by atoms with Crippen molar-refractivity contribution in [3.63, 3.8) is 0 Å². The van der Waals surface area contributed by atoms with Gasteiger partial charge in [-0.15, -0.1) is 0 Å². The molecule has 1 aliphatic heterocycles. The lowest BCUT2D eigenvalue weighted by atomic mass is 10.2. The quantitative estimate of drug-likeness (QED) is 0.739. The molecule has 4 heteroatoms. The minimum absolute atomic E-state index is 0.0792. The number of ether oxygens (including phenoxy) is 2. The maximum Gasteiger partial charge on any atom is 0.160 e. The van der Waals surface area contributed by atoms with Gasteiger partial charge in [-0.25, -0.2) is 0 Å². The lowest BCUT2D eigenvalue weighted by Crippen LogP contribution is -2.13. The van der Waals surface area contributed by atoms with Gasteiger partial charge in [0.05, 0.1) is 13.7 Å². The first-order valence-electron chi connectivity index (χ1n) is 4.53. The second-order valence-corrected chi connectivity index (χ2v) is 3.14. The van der Waals surface area contributed by atoms with Crippen molar-refractivity contribution in [2.45, 2.75) is 6.23 Å². The van der Waals surface area contributed by atoms with Crippen molar-refractivity contribution >= 4 is 0 Å². The number of phenols is 1. The van der Waals surface area contributed by atoms with Gasteiger partial charge in [-0.05, 0) is 17.7 Å². The molecular weight excluding hydrogens is 182 g/mol. The Balaban J connectivity index is 2.25. The number of aromatic hydroxyl groups is 1. The fourth-order valence-corrected chi connectivity index (χ4v) is 1.50. The summed E-state index contributed by atoms with van der Waals surface area (Å²) in [5.74, 6) is 0.619. The second-order valence-electron chi connectivity index (χ2n) is 3.14. The average molecular weight is 195 g/mol. The zero-order valence-corrected chi connectivity index (χ0v) is 7.99. The molecule has 0 radical (unpaired) electrons. The van der Waals surface area contributed by atoms with Gasteiger partial charge in [0.2, 0.25) is 0 Å². The van der Waals surface area contributed by atoms with Crippen LogP contribution in [0.25, 0.3) is 0 Å². The van der Waals surface area contributed by atoms with Crippen molar-refractivity contribution in [1.82, 2.24) is 5.32 Å². The Kier molecular flexibility index (Phi) is 2.56. The second kappa shape index (κ2) is 3.86. The van der Waals surface area contributed by atoms with Crippen LogP contribution in [-0.4, -0.2) is 25.4 Å². The van der Waals surface area contributed by atoms with Gasteiger partial charge < -0.3 is 14.6 Å². The fraction of sp³-hybridized carbons (Fsp3) is 0.400. The van der Waals surface area contributed by atoms with Gasteiger partial charge in [-0.2, -0.15) is 0 Å². The van der Waals surface area contributed by atoms with Gasteiger partial charge in [0, 0.05) is 6.54 Å². The average Bonchev–Trinajstić information content (AvgIpc) is 2.71. The Morgan fingerprint density at radius 1 is 1.57 bits per heavy atom. The predicted molar refractivity (Wildman–Crippen MR) is 51.4 cm³/mol. The Labute approximate surface area is 82.5 Å². The van der Waals surface area contributed by atoms with Gasteiger partial charge >= 0.3 is 0 Å². The maximum atomic E-state index is 9.39. The molecule has 0 aliphatic carbocycles. The van der Waals surface area contributed by atoms with Crippen molar-refractivity contribution in [2.24, 2.45) is 0 Å². The van der Waals surface area contributed by atoms with Gasteiger partial charge in [0.1, 0.15) is 6.23 Å². The van der Waals surface area contributed by atoms with E-state index in [1.807, 2.05) is 6.07 Å². The lowest BCUT2D eigenvalue weighted by Gasteiger charge is -2.12. The highest BCUT2D eigenvalue weighted by Gasteiger charge is 2.17. The number of hydrogen-bond donors (Lipinski definition) is 2. The monoisotopic (exact) mass is 195 g/mol. The number of rotatable bonds is 2. The molecule has 4 nitrogen and oxygen atoms in total. The highest BCUT2D eigenvalue weighted by molar-refractivity contribution is 5.42. The zero-order valence-electron chi connectivity index (χ0n) is 7.99. The third-order valence-electron chi connectivity index (χ3n) is 2.22. The molecule has 2 N–H and O–H groups in total. The van der Waals surface area contributed by atoms with Crippen LogP contribution in [0, 0.1) is 0 Å². The summed E-state index contributed by atoms with van der Waals surface area (Å²) in [6.07, 6.45) is -0.0792. The molecule has 76 valence electrons. The summed E-state index contributed by atoms with van der Waals surface area (Å²) in [6, 6.07) is 5.21. The van der Waals surface area contributed by atoms with Gasteiger partial charge in [0.15, 0.2) is 11.5 Å². The van der Waals surface area contributed by atoms with Crippen molar-refractivity contribution in [3.05, 3.63) is 23.8 Å². The Bertz CT molecular complexity index is 321. The van der Waals surface area contributed by atoms with E-state index in [1.54, 1.807) is 12.1 Å². The molecular formula is C10H13NO3. The molecule has 1 fully saturated rings. The van der Waals surface area contributed by atoms with E-state index in [2.05, 4.69) is 5.32 Å². The molecule has 1 atom stereocenters. The first kappa shape index (κ1) is 9.30. The van der Waals surface area contributed by atoms with Crippen LogP contribution in [0.3, 0.4) is 0 Å². The van der Waals surface area contributed by atoms with E-state index < -0.39 is 0 Å². The van der Waals surface area contributed by atoms with Crippen LogP contribution in [0.5, 0.6) is 11.5 Å². The van der Waals surface area contributed by atoms with E-state index >= 15 is 0 Å². The minimum Gasteiger partial charge on any atom is -0.504 e. The Hall–Kier alpha value is -1.26. The first-order chi connectivity index (χ1) is 6.81. The molecule has 0 saturated carbocycles. The van der Waals surface area contributed by atoms with Gasteiger partial charge in [-0.3, -0.25) is 5.32 Å². The molecule has 0 aromatic heterocycles. The van der Waals surface area contributed by atoms with E-state index in [4.69, 9.17) is 9.47 Å². The van der Waals surface area contributed by atoms with Crippen LogP contribution >= 0.6 is 0 Å². The third-order valence-corrected chi connectivity index (χ3v) is 2.22. The Morgan fingerprint density at radius 2 is 2.43 bits per heavy atom. The van der Waals surface area contributed by atoms with Crippen LogP contribution in [0.2, 0.25) is 0 Å². The van der Waals surface area contributed by atoms with Crippen LogP contribution in [0.1, 0.15) is 11.8 Å². The Morgan fingerprint density at radius 3 is 3.07 bits per heavy atom. The summed E-state index contributed by atoms with van der Waals surface area (Å²) >= 11 is 0. The number of benzene rings is 1. The molecule has 0 bridgehead atoms. The SMILES string of the molecule is COc1cc(C2NCCO2)ccc1O. The van der Waals surface area contributed by atoms with Crippen LogP contribution in [-0.2, 0) is 4.74 Å². The summed E-state index contributed by atoms with van der Waals surface area (Å²) < 4.78 is 10.4. The normalized spacial score (nSPS) is 21.1. The summed E-state index contributed by atoms with van der Waals surface area (Å²) in [7, 11) is 1.53. The van der Waals surface area contributed by atoms with Crippen LogP contribution in [0.15, 0.2) is 18.2 Å². The lowest BCUT2D eigenvalue weighted by molar-refractivity contribution is 0.102. The van der Waals surface area contributed by atoms with Crippen molar-refractivity contribution in [2.75, 3.05) is 20.3 Å². The molecule has 1 aromatic carbocycles.